The van der Waals surface area contributed by atoms with Gasteiger partial charge in [-0.15, -0.1) is 0 Å². The lowest BCUT2D eigenvalue weighted by atomic mass is 9.92. The molecule has 0 saturated heterocycles. The van der Waals surface area contributed by atoms with Gasteiger partial charge in [-0.2, -0.15) is 5.10 Å². The van der Waals surface area contributed by atoms with Gasteiger partial charge in [-0.1, -0.05) is 12.1 Å². The fourth-order valence-electron chi connectivity index (χ4n) is 2.67. The van der Waals surface area contributed by atoms with E-state index >= 15 is 0 Å². The molecule has 2 aromatic rings. The summed E-state index contributed by atoms with van der Waals surface area (Å²) in [7, 11) is 0. The second-order valence-corrected chi connectivity index (χ2v) is 5.23. The van der Waals surface area contributed by atoms with Crippen LogP contribution in [-0.2, 0) is 0 Å². The number of nitrogens with zero attached hydrogens (tertiary/aromatic N) is 1. The number of benzene rings is 2. The van der Waals surface area contributed by atoms with Crippen LogP contribution in [0, 0.1) is 0 Å². The highest BCUT2D eigenvalue weighted by Crippen LogP contribution is 2.38. The van der Waals surface area contributed by atoms with Gasteiger partial charge < -0.3 is 20.6 Å². The molecule has 0 amide bonds. The van der Waals surface area contributed by atoms with Crippen molar-refractivity contribution >= 4 is 11.4 Å². The third kappa shape index (κ3) is 1.89. The number of nitrogens with one attached hydrogen (secondary N) is 1. The predicted molar refractivity (Wildman–Crippen MR) is 80.6 cm³/mol. The van der Waals surface area contributed by atoms with E-state index in [-0.39, 0.29) is 12.8 Å². The van der Waals surface area contributed by atoms with Gasteiger partial charge in [0.15, 0.2) is 11.5 Å². The van der Waals surface area contributed by atoms with Gasteiger partial charge in [-0.25, -0.2) is 0 Å². The van der Waals surface area contributed by atoms with E-state index in [1.807, 2.05) is 36.4 Å². The van der Waals surface area contributed by atoms with Gasteiger partial charge in [0.05, 0.1) is 11.8 Å². The molecule has 106 valence electrons. The van der Waals surface area contributed by atoms with Gasteiger partial charge >= 0.3 is 0 Å². The summed E-state index contributed by atoms with van der Waals surface area (Å²) >= 11 is 0. The van der Waals surface area contributed by atoms with Crippen molar-refractivity contribution < 1.29 is 9.47 Å². The van der Waals surface area contributed by atoms with E-state index in [4.69, 9.17) is 15.2 Å². The Bertz CT molecular complexity index is 738. The molecular weight excluding hydrogens is 266 g/mol. The molecule has 0 radical (unpaired) electrons. The Labute approximate surface area is 122 Å². The molecule has 0 fully saturated rings. The smallest absolute Gasteiger partial charge is 0.231 e. The third-order valence-electron chi connectivity index (χ3n) is 3.82. The van der Waals surface area contributed by atoms with E-state index in [0.29, 0.717) is 0 Å². The van der Waals surface area contributed by atoms with Gasteiger partial charge in [-0.05, 0) is 36.8 Å². The molecule has 0 spiro atoms. The second kappa shape index (κ2) is 4.41. The molecule has 2 heterocycles. The number of rotatable bonds is 1. The van der Waals surface area contributed by atoms with Crippen molar-refractivity contribution in [3.63, 3.8) is 0 Å². The molecular formula is C16H15N3O2. The Kier molecular flexibility index (Phi) is 2.54. The molecule has 5 heteroatoms. The van der Waals surface area contributed by atoms with Crippen LogP contribution in [-0.4, -0.2) is 12.5 Å². The number of anilines is 1. The maximum absolute atomic E-state index is 5.75. The maximum atomic E-state index is 5.75. The normalized spacial score (nSPS) is 18.7. The molecule has 5 nitrogen and oxygen atoms in total. The summed E-state index contributed by atoms with van der Waals surface area (Å²) in [4.78, 5) is 0. The number of hydrazone groups is 1. The van der Waals surface area contributed by atoms with E-state index in [1.54, 1.807) is 0 Å². The molecule has 4 rings (SSSR count). The minimum absolute atomic E-state index is 0.132. The third-order valence-corrected chi connectivity index (χ3v) is 3.82. The predicted octanol–water partition coefficient (Wildman–Crippen LogP) is 2.41. The first-order valence-corrected chi connectivity index (χ1v) is 6.85. The standard InChI is InChI=1S/C16H15N3O2/c1-9-12-6-14-15(21-8-20-14)7-13(12)16(19-18-9)10-2-4-11(17)5-3-10/h2-7,9,18H,8,17H2,1H3. The molecule has 0 saturated carbocycles. The molecule has 0 aromatic heterocycles. The zero-order chi connectivity index (χ0) is 14.4. The molecule has 3 N–H and O–H groups in total. The highest BCUT2D eigenvalue weighted by atomic mass is 16.7. The largest absolute Gasteiger partial charge is 0.454 e. The first-order chi connectivity index (χ1) is 10.2. The first kappa shape index (κ1) is 12.1. The van der Waals surface area contributed by atoms with Gasteiger partial charge in [0, 0.05) is 16.8 Å². The van der Waals surface area contributed by atoms with Crippen molar-refractivity contribution in [2.24, 2.45) is 5.10 Å². The number of fused-ring (bicyclic) bond motifs is 2. The number of nitrogens with two attached hydrogens (primary N) is 1. The molecule has 0 aliphatic carbocycles. The van der Waals surface area contributed by atoms with Crippen LogP contribution in [0.3, 0.4) is 0 Å². The quantitative estimate of drug-likeness (QED) is 0.788. The molecule has 1 atom stereocenters. The number of nitrogen functional groups attached to an aromatic ring is 1. The average Bonchev–Trinajstić information content (AvgIpc) is 2.95. The Hall–Kier alpha value is -2.69. The van der Waals surface area contributed by atoms with Gasteiger partial charge in [0.1, 0.15) is 0 Å². The Morgan fingerprint density at radius 2 is 1.86 bits per heavy atom. The Balaban J connectivity index is 1.86. The number of ether oxygens (including phenoxy) is 2. The first-order valence-electron chi connectivity index (χ1n) is 6.85. The summed E-state index contributed by atoms with van der Waals surface area (Å²) in [5.74, 6) is 1.56. The van der Waals surface area contributed by atoms with E-state index in [9.17, 15) is 0 Å². The van der Waals surface area contributed by atoms with Crippen LogP contribution in [0.4, 0.5) is 5.69 Å². The minimum atomic E-state index is 0.132. The highest BCUT2D eigenvalue weighted by molar-refractivity contribution is 6.14. The van der Waals surface area contributed by atoms with Gasteiger partial charge in [0.2, 0.25) is 6.79 Å². The van der Waals surface area contributed by atoms with Crippen LogP contribution in [0.1, 0.15) is 29.7 Å². The number of hydrogen-bond acceptors (Lipinski definition) is 5. The summed E-state index contributed by atoms with van der Waals surface area (Å²) in [6.07, 6.45) is 0. The molecule has 1 unspecified atom stereocenters. The van der Waals surface area contributed by atoms with Crippen LogP contribution in [0.2, 0.25) is 0 Å². The van der Waals surface area contributed by atoms with Crippen molar-refractivity contribution in [1.29, 1.82) is 0 Å². The van der Waals surface area contributed by atoms with Gasteiger partial charge in [-0.3, -0.25) is 0 Å². The van der Waals surface area contributed by atoms with Crippen LogP contribution in [0.5, 0.6) is 11.5 Å². The molecule has 2 aliphatic heterocycles. The summed E-state index contributed by atoms with van der Waals surface area (Å²) in [6.45, 7) is 2.35. The summed E-state index contributed by atoms with van der Waals surface area (Å²) in [5, 5.41) is 4.51. The summed E-state index contributed by atoms with van der Waals surface area (Å²) in [5.41, 5.74) is 13.8. The fraction of sp³-hybridized carbons (Fsp3) is 0.188. The van der Waals surface area contributed by atoms with Crippen molar-refractivity contribution in [3.8, 4) is 11.5 Å². The van der Waals surface area contributed by atoms with Crippen molar-refractivity contribution in [2.75, 3.05) is 12.5 Å². The van der Waals surface area contributed by atoms with Crippen LogP contribution in [0.25, 0.3) is 0 Å². The van der Waals surface area contributed by atoms with Crippen LogP contribution >= 0.6 is 0 Å². The second-order valence-electron chi connectivity index (χ2n) is 5.23. The van der Waals surface area contributed by atoms with Crippen LogP contribution < -0.4 is 20.6 Å². The monoisotopic (exact) mass is 281 g/mol. The highest BCUT2D eigenvalue weighted by Gasteiger charge is 2.25. The summed E-state index contributed by atoms with van der Waals surface area (Å²) < 4.78 is 10.9. The van der Waals surface area contributed by atoms with E-state index in [0.717, 1.165) is 39.6 Å². The van der Waals surface area contributed by atoms with Crippen molar-refractivity contribution in [3.05, 3.63) is 53.1 Å². The van der Waals surface area contributed by atoms with E-state index in [2.05, 4.69) is 17.5 Å². The molecule has 21 heavy (non-hydrogen) atoms. The minimum Gasteiger partial charge on any atom is -0.454 e. The van der Waals surface area contributed by atoms with Crippen molar-refractivity contribution in [2.45, 2.75) is 13.0 Å². The van der Waals surface area contributed by atoms with E-state index < -0.39 is 0 Å². The van der Waals surface area contributed by atoms with E-state index in [1.165, 1.54) is 0 Å². The lowest BCUT2D eigenvalue weighted by Crippen LogP contribution is -2.24. The molecule has 2 aromatic carbocycles. The zero-order valence-corrected chi connectivity index (χ0v) is 11.6. The van der Waals surface area contributed by atoms with Gasteiger partial charge in [0.25, 0.3) is 0 Å². The fourth-order valence-corrected chi connectivity index (χ4v) is 2.67. The summed E-state index contributed by atoms with van der Waals surface area (Å²) in [6, 6.07) is 11.9. The molecule has 2 aliphatic rings. The van der Waals surface area contributed by atoms with Crippen LogP contribution in [0.15, 0.2) is 41.5 Å². The topological polar surface area (TPSA) is 68.9 Å². The van der Waals surface area contributed by atoms with Crippen molar-refractivity contribution in [1.82, 2.24) is 5.43 Å². The Morgan fingerprint density at radius 1 is 1.14 bits per heavy atom. The number of hydrogen-bond donors (Lipinski definition) is 2. The lowest BCUT2D eigenvalue weighted by molar-refractivity contribution is 0.174. The lowest BCUT2D eigenvalue weighted by Gasteiger charge is -2.24. The zero-order valence-electron chi connectivity index (χ0n) is 11.6. The maximum Gasteiger partial charge on any atom is 0.231 e. The SMILES string of the molecule is CC1NN=C(c2ccc(N)cc2)c2cc3c(cc21)OCO3. The Morgan fingerprint density at radius 3 is 2.62 bits per heavy atom. The molecule has 0 bridgehead atoms. The average molecular weight is 281 g/mol.